The highest BCUT2D eigenvalue weighted by atomic mass is 32.1. The predicted octanol–water partition coefficient (Wildman–Crippen LogP) is 4.57. The lowest BCUT2D eigenvalue weighted by Crippen LogP contribution is -2.38. The van der Waals surface area contributed by atoms with Crippen molar-refractivity contribution in [2.75, 3.05) is 7.11 Å². The first-order chi connectivity index (χ1) is 15.7. The lowest BCUT2D eigenvalue weighted by Gasteiger charge is -2.33. The van der Waals surface area contributed by atoms with E-state index in [1.807, 2.05) is 30.5 Å². The first-order valence-electron chi connectivity index (χ1n) is 11.0. The number of esters is 1. The van der Waals surface area contributed by atoms with Gasteiger partial charge >= 0.3 is 5.97 Å². The van der Waals surface area contributed by atoms with Gasteiger partial charge in [0.05, 0.1) is 30.5 Å². The van der Waals surface area contributed by atoms with Crippen molar-refractivity contribution >= 4 is 23.3 Å². The highest BCUT2D eigenvalue weighted by molar-refractivity contribution is 7.80. The predicted molar refractivity (Wildman–Crippen MR) is 127 cm³/mol. The van der Waals surface area contributed by atoms with Gasteiger partial charge in [-0.3, -0.25) is 4.98 Å². The van der Waals surface area contributed by atoms with E-state index in [9.17, 15) is 4.79 Å². The molecule has 2 fully saturated rings. The molecule has 6 nitrogen and oxygen atoms in total. The number of nitrogens with one attached hydrogen (secondary N) is 1. The van der Waals surface area contributed by atoms with Crippen molar-refractivity contribution in [1.82, 2.24) is 19.8 Å². The Balaban J connectivity index is 1.57. The first-order valence-corrected chi connectivity index (χ1v) is 11.4. The molecule has 3 aromatic rings. The van der Waals surface area contributed by atoms with Gasteiger partial charge < -0.3 is 19.5 Å². The van der Waals surface area contributed by atoms with E-state index in [0.29, 0.717) is 11.6 Å². The molecule has 0 unspecified atom stereocenters. The van der Waals surface area contributed by atoms with Crippen LogP contribution in [0.5, 0.6) is 0 Å². The van der Waals surface area contributed by atoms with E-state index in [0.717, 1.165) is 35.0 Å². The quantitative estimate of drug-likeness (QED) is 0.458. The van der Waals surface area contributed by atoms with Crippen molar-refractivity contribution in [1.29, 1.82) is 0 Å². The second-order valence-corrected chi connectivity index (χ2v) is 8.70. The fourth-order valence-electron chi connectivity index (χ4n) is 5.00. The smallest absolute Gasteiger partial charge is 0.337 e. The van der Waals surface area contributed by atoms with Gasteiger partial charge in [-0.1, -0.05) is 18.9 Å². The molecule has 32 heavy (non-hydrogen) atoms. The van der Waals surface area contributed by atoms with Crippen molar-refractivity contribution in [2.24, 2.45) is 0 Å². The van der Waals surface area contributed by atoms with Gasteiger partial charge in [-0.25, -0.2) is 4.79 Å². The number of ether oxygens (including phenoxy) is 1. The number of benzene rings is 1. The van der Waals surface area contributed by atoms with E-state index in [4.69, 9.17) is 17.0 Å². The van der Waals surface area contributed by atoms with Crippen molar-refractivity contribution < 1.29 is 9.53 Å². The van der Waals surface area contributed by atoms with Gasteiger partial charge in [-0.2, -0.15) is 0 Å². The maximum absolute atomic E-state index is 11.8. The maximum atomic E-state index is 11.8. The summed E-state index contributed by atoms with van der Waals surface area (Å²) in [6.45, 7) is 0. The summed E-state index contributed by atoms with van der Waals surface area (Å²) in [4.78, 5) is 18.9. The van der Waals surface area contributed by atoms with Gasteiger partial charge in [0.15, 0.2) is 5.11 Å². The largest absolute Gasteiger partial charge is 0.465 e. The van der Waals surface area contributed by atoms with E-state index in [-0.39, 0.29) is 18.1 Å². The molecule has 5 rings (SSSR count). The van der Waals surface area contributed by atoms with Crippen LogP contribution in [0.25, 0.3) is 5.69 Å². The monoisotopic (exact) mass is 446 g/mol. The SMILES string of the molecule is COC(=O)c1ccc(-n2cccc2[C@@H]2[C@@H](c3ccccn3)NC(=S)N2C2CCCC2)cc1. The number of pyridine rings is 1. The van der Waals surface area contributed by atoms with E-state index < -0.39 is 0 Å². The van der Waals surface area contributed by atoms with Gasteiger partial charge in [0, 0.05) is 29.8 Å². The number of thiocarbonyl (C=S) groups is 1. The fraction of sp³-hybridized carbons (Fsp3) is 0.320. The normalized spacial score (nSPS) is 21.0. The Morgan fingerprint density at radius 2 is 1.88 bits per heavy atom. The average molecular weight is 447 g/mol. The van der Waals surface area contributed by atoms with Crippen molar-refractivity contribution in [2.45, 2.75) is 43.8 Å². The summed E-state index contributed by atoms with van der Waals surface area (Å²) in [7, 11) is 1.39. The van der Waals surface area contributed by atoms with Crippen LogP contribution < -0.4 is 5.32 Å². The zero-order valence-electron chi connectivity index (χ0n) is 18.0. The Hall–Kier alpha value is -3.19. The molecule has 1 saturated carbocycles. The minimum absolute atomic E-state index is 0.0239. The maximum Gasteiger partial charge on any atom is 0.337 e. The van der Waals surface area contributed by atoms with Crippen LogP contribution in [-0.4, -0.2) is 38.7 Å². The van der Waals surface area contributed by atoms with E-state index in [2.05, 4.69) is 44.2 Å². The summed E-state index contributed by atoms with van der Waals surface area (Å²) < 4.78 is 7.02. The summed E-state index contributed by atoms with van der Waals surface area (Å²) in [5, 5.41) is 4.36. The van der Waals surface area contributed by atoms with Crippen LogP contribution in [-0.2, 0) is 4.74 Å². The second kappa shape index (κ2) is 8.74. The molecule has 3 heterocycles. The molecule has 2 atom stereocenters. The van der Waals surface area contributed by atoms with Gasteiger partial charge in [-0.15, -0.1) is 0 Å². The fourth-order valence-corrected chi connectivity index (χ4v) is 5.39. The molecule has 1 aliphatic carbocycles. The van der Waals surface area contributed by atoms with Gasteiger partial charge in [-0.05, 0) is 73.6 Å². The molecule has 0 radical (unpaired) electrons. The zero-order chi connectivity index (χ0) is 22.1. The molecular weight excluding hydrogens is 420 g/mol. The highest BCUT2D eigenvalue weighted by Gasteiger charge is 2.44. The van der Waals surface area contributed by atoms with E-state index >= 15 is 0 Å². The summed E-state index contributed by atoms with van der Waals surface area (Å²) >= 11 is 5.85. The van der Waals surface area contributed by atoms with Crippen molar-refractivity contribution in [3.8, 4) is 5.69 Å². The number of carbonyl (C=O) groups excluding carboxylic acids is 1. The molecule has 1 aliphatic heterocycles. The highest BCUT2D eigenvalue weighted by Crippen LogP contribution is 2.43. The average Bonchev–Trinajstić information content (AvgIpc) is 3.58. The lowest BCUT2D eigenvalue weighted by atomic mass is 9.99. The summed E-state index contributed by atoms with van der Waals surface area (Å²) in [6.07, 6.45) is 8.68. The molecule has 1 aromatic carbocycles. The minimum atomic E-state index is -0.336. The van der Waals surface area contributed by atoms with Crippen molar-refractivity contribution in [3.05, 3.63) is 83.9 Å². The molecular formula is C25H26N4O2S. The van der Waals surface area contributed by atoms with Crippen LogP contribution in [0.3, 0.4) is 0 Å². The number of rotatable bonds is 5. The van der Waals surface area contributed by atoms with Crippen LogP contribution in [0, 0.1) is 0 Å². The van der Waals surface area contributed by atoms with Crippen LogP contribution in [0.2, 0.25) is 0 Å². The Labute approximate surface area is 193 Å². The summed E-state index contributed by atoms with van der Waals surface area (Å²) in [5.74, 6) is -0.336. The van der Waals surface area contributed by atoms with Crippen molar-refractivity contribution in [3.63, 3.8) is 0 Å². The van der Waals surface area contributed by atoms with Gasteiger partial charge in [0.25, 0.3) is 0 Å². The molecule has 2 aromatic heterocycles. The van der Waals surface area contributed by atoms with Gasteiger partial charge in [0.2, 0.25) is 0 Å². The Morgan fingerprint density at radius 3 is 2.56 bits per heavy atom. The van der Waals surface area contributed by atoms with Crippen LogP contribution in [0.1, 0.15) is 59.5 Å². The molecule has 0 amide bonds. The molecule has 1 saturated heterocycles. The molecule has 7 heteroatoms. The number of aromatic nitrogens is 2. The minimum Gasteiger partial charge on any atom is -0.465 e. The zero-order valence-corrected chi connectivity index (χ0v) is 18.8. The van der Waals surface area contributed by atoms with Crippen LogP contribution in [0.15, 0.2) is 67.0 Å². The number of methoxy groups -OCH3 is 1. The third-order valence-corrected chi connectivity index (χ3v) is 6.83. The topological polar surface area (TPSA) is 59.4 Å². The standard InChI is InChI=1S/C25H26N4O2S/c1-31-24(30)17-11-13-18(14-12-17)28-16-6-10-21(28)23-22(20-9-4-5-15-26-20)27-25(32)29(23)19-7-2-3-8-19/h4-6,9-16,19,22-23H,2-3,7-8H2,1H3,(H,27,32)/t22-,23-/m1/s1. The van der Waals surface area contributed by atoms with Gasteiger partial charge in [0.1, 0.15) is 0 Å². The third-order valence-electron chi connectivity index (χ3n) is 6.50. The molecule has 0 spiro atoms. The Kier molecular flexibility index (Phi) is 5.66. The number of carbonyl (C=O) groups is 1. The van der Waals surface area contributed by atoms with Crippen LogP contribution >= 0.6 is 12.2 Å². The molecule has 1 N–H and O–H groups in total. The number of hydrogen-bond donors (Lipinski definition) is 1. The lowest BCUT2D eigenvalue weighted by molar-refractivity contribution is 0.0600. The number of nitrogens with zero attached hydrogens (tertiary/aromatic N) is 3. The van der Waals surface area contributed by atoms with Crippen LogP contribution in [0.4, 0.5) is 0 Å². The number of hydrogen-bond acceptors (Lipinski definition) is 4. The second-order valence-electron chi connectivity index (χ2n) is 8.31. The summed E-state index contributed by atoms with van der Waals surface area (Å²) in [5.41, 5.74) is 3.65. The molecule has 0 bridgehead atoms. The molecule has 164 valence electrons. The Morgan fingerprint density at radius 1 is 1.09 bits per heavy atom. The van der Waals surface area contributed by atoms with E-state index in [1.54, 1.807) is 12.1 Å². The third kappa shape index (κ3) is 3.66. The first kappa shape index (κ1) is 20.7. The Bertz CT molecular complexity index is 1110. The molecule has 2 aliphatic rings. The summed E-state index contributed by atoms with van der Waals surface area (Å²) in [6, 6.07) is 18.2. The van der Waals surface area contributed by atoms with E-state index in [1.165, 1.54) is 20.0 Å².